The van der Waals surface area contributed by atoms with E-state index in [0.29, 0.717) is 25.1 Å². The molecule has 140 valence electrons. The smallest absolute Gasteiger partial charge is 0.260 e. The summed E-state index contributed by atoms with van der Waals surface area (Å²) < 4.78 is 40.3. The second-order valence-electron chi connectivity index (χ2n) is 6.96. The molecule has 1 aromatic rings. The molecule has 25 heavy (non-hydrogen) atoms. The average molecular weight is 377 g/mol. The third-order valence-corrected chi connectivity index (χ3v) is 5.23. The van der Waals surface area contributed by atoms with E-state index in [2.05, 4.69) is 0 Å². The van der Waals surface area contributed by atoms with Gasteiger partial charge in [-0.1, -0.05) is 18.5 Å². The number of rotatable bonds is 5. The van der Waals surface area contributed by atoms with E-state index in [1.807, 2.05) is 13.8 Å². The Morgan fingerprint density at radius 2 is 2.08 bits per heavy atom. The van der Waals surface area contributed by atoms with Gasteiger partial charge in [-0.3, -0.25) is 9.69 Å². The Morgan fingerprint density at radius 3 is 2.68 bits per heavy atom. The highest BCUT2D eigenvalue weighted by Gasteiger charge is 2.36. The minimum atomic E-state index is -2.63. The van der Waals surface area contributed by atoms with Gasteiger partial charge in [0, 0.05) is 31.6 Å². The van der Waals surface area contributed by atoms with Gasteiger partial charge in [0.1, 0.15) is 5.82 Å². The van der Waals surface area contributed by atoms with Crippen molar-refractivity contribution < 1.29 is 18.0 Å². The number of piperidine rings is 1. The van der Waals surface area contributed by atoms with Crippen LogP contribution < -0.4 is 0 Å². The van der Waals surface area contributed by atoms with Crippen LogP contribution in [-0.2, 0) is 0 Å². The largest absolute Gasteiger partial charge is 0.339 e. The van der Waals surface area contributed by atoms with Crippen LogP contribution >= 0.6 is 11.6 Å². The number of hydrogen-bond donors (Lipinski definition) is 0. The second-order valence-corrected chi connectivity index (χ2v) is 7.36. The number of likely N-dealkylation sites (tertiary alicyclic amines) is 1. The predicted molar refractivity (Wildman–Crippen MR) is 92.8 cm³/mol. The van der Waals surface area contributed by atoms with E-state index in [4.69, 9.17) is 11.6 Å². The van der Waals surface area contributed by atoms with Crippen molar-refractivity contribution in [2.24, 2.45) is 5.92 Å². The highest BCUT2D eigenvalue weighted by Crippen LogP contribution is 2.27. The molecule has 1 fully saturated rings. The third-order valence-electron chi connectivity index (χ3n) is 4.94. The fourth-order valence-electron chi connectivity index (χ4n) is 3.16. The van der Waals surface area contributed by atoms with Gasteiger partial charge in [0.15, 0.2) is 0 Å². The van der Waals surface area contributed by atoms with Crippen LogP contribution in [-0.4, -0.2) is 54.4 Å². The molecule has 1 aliphatic heterocycles. The van der Waals surface area contributed by atoms with E-state index in [-0.39, 0.29) is 35.9 Å². The van der Waals surface area contributed by atoms with Gasteiger partial charge in [0.05, 0.1) is 11.6 Å². The Hall–Kier alpha value is -1.27. The summed E-state index contributed by atoms with van der Waals surface area (Å²) in [6, 6.07) is 3.70. The van der Waals surface area contributed by atoms with Gasteiger partial charge < -0.3 is 4.90 Å². The zero-order valence-corrected chi connectivity index (χ0v) is 15.5. The van der Waals surface area contributed by atoms with Crippen molar-refractivity contribution >= 4 is 17.5 Å². The first-order valence-electron chi connectivity index (χ1n) is 8.43. The maximum Gasteiger partial charge on any atom is 0.260 e. The number of halogens is 4. The van der Waals surface area contributed by atoms with Crippen LogP contribution in [0.3, 0.4) is 0 Å². The molecule has 1 heterocycles. The van der Waals surface area contributed by atoms with E-state index in [1.54, 1.807) is 16.8 Å². The van der Waals surface area contributed by atoms with Gasteiger partial charge in [0.2, 0.25) is 0 Å². The van der Waals surface area contributed by atoms with Gasteiger partial charge in [0.25, 0.3) is 11.8 Å². The van der Waals surface area contributed by atoms with E-state index in [9.17, 15) is 18.0 Å². The summed E-state index contributed by atoms with van der Waals surface area (Å²) in [7, 11) is 1.66. The summed E-state index contributed by atoms with van der Waals surface area (Å²) in [5, 5.41) is -0.101. The highest BCUT2D eigenvalue weighted by molar-refractivity contribution is 6.31. The molecule has 7 heteroatoms. The number of carbonyl (C=O) groups excluding carboxylic acids is 1. The van der Waals surface area contributed by atoms with E-state index >= 15 is 0 Å². The quantitative estimate of drug-likeness (QED) is 0.764. The standard InChI is InChI=1S/C18H24ClF3N2O/c1-12(10-24-8-4-7-18(21,22)11-24)13(2)23(3)17(25)14-5-6-16(20)15(19)9-14/h5-6,9,12-13H,4,7-8,10-11H2,1-3H3. The van der Waals surface area contributed by atoms with E-state index < -0.39 is 11.7 Å². The summed E-state index contributed by atoms with van der Waals surface area (Å²) in [6.07, 6.45) is 0.425. The van der Waals surface area contributed by atoms with E-state index in [0.717, 1.165) is 6.07 Å². The summed E-state index contributed by atoms with van der Waals surface area (Å²) in [4.78, 5) is 15.9. The average Bonchev–Trinajstić information content (AvgIpc) is 2.54. The van der Waals surface area contributed by atoms with Crippen molar-refractivity contribution in [1.82, 2.24) is 9.80 Å². The lowest BCUT2D eigenvalue weighted by Crippen LogP contribution is -2.48. The molecule has 0 radical (unpaired) electrons. The number of nitrogens with zero attached hydrogens (tertiary/aromatic N) is 2. The number of amides is 1. The van der Waals surface area contributed by atoms with Crippen LogP contribution in [0.1, 0.15) is 37.0 Å². The first-order chi connectivity index (χ1) is 11.6. The van der Waals surface area contributed by atoms with Crippen molar-refractivity contribution in [2.45, 2.75) is 38.7 Å². The maximum atomic E-state index is 13.5. The molecule has 0 aliphatic carbocycles. The molecular formula is C18H24ClF3N2O. The van der Waals surface area contributed by atoms with Gasteiger partial charge in [-0.15, -0.1) is 0 Å². The Kier molecular flexibility index (Phi) is 6.38. The van der Waals surface area contributed by atoms with Crippen molar-refractivity contribution in [3.63, 3.8) is 0 Å². The molecule has 0 saturated carbocycles. The van der Waals surface area contributed by atoms with Crippen LogP contribution in [0.25, 0.3) is 0 Å². The number of alkyl halides is 2. The topological polar surface area (TPSA) is 23.6 Å². The normalized spacial score (nSPS) is 20.1. The predicted octanol–water partition coefficient (Wildman–Crippen LogP) is 4.31. The lowest BCUT2D eigenvalue weighted by atomic mass is 9.98. The zero-order valence-electron chi connectivity index (χ0n) is 14.7. The van der Waals surface area contributed by atoms with Gasteiger partial charge >= 0.3 is 0 Å². The SMILES string of the molecule is CC(CN1CCCC(F)(F)C1)C(C)N(C)C(=O)c1ccc(F)c(Cl)c1. The van der Waals surface area contributed by atoms with Gasteiger partial charge in [-0.2, -0.15) is 0 Å². The Balaban J connectivity index is 1.99. The van der Waals surface area contributed by atoms with Crippen LogP contribution in [0.2, 0.25) is 5.02 Å². The number of benzene rings is 1. The minimum absolute atomic E-state index is 0.0128. The first-order valence-corrected chi connectivity index (χ1v) is 8.81. The van der Waals surface area contributed by atoms with Crippen molar-refractivity contribution in [2.75, 3.05) is 26.7 Å². The Labute approximate surface area is 151 Å². The van der Waals surface area contributed by atoms with Crippen LogP contribution in [0.4, 0.5) is 13.2 Å². The van der Waals surface area contributed by atoms with Crippen molar-refractivity contribution in [1.29, 1.82) is 0 Å². The van der Waals surface area contributed by atoms with Crippen LogP contribution in [0, 0.1) is 11.7 Å². The molecule has 0 aromatic heterocycles. The molecular weight excluding hydrogens is 353 g/mol. The Bertz CT molecular complexity index is 626. The minimum Gasteiger partial charge on any atom is -0.339 e. The fraction of sp³-hybridized carbons (Fsp3) is 0.611. The third kappa shape index (κ3) is 5.11. The summed E-state index contributed by atoms with van der Waals surface area (Å²) in [5.41, 5.74) is 0.303. The summed E-state index contributed by atoms with van der Waals surface area (Å²) in [5.74, 6) is -3.47. The summed E-state index contributed by atoms with van der Waals surface area (Å²) in [6.45, 7) is 4.75. The molecule has 1 aromatic carbocycles. The van der Waals surface area contributed by atoms with Gasteiger partial charge in [-0.05, 0) is 44.0 Å². The molecule has 2 atom stereocenters. The monoisotopic (exact) mass is 376 g/mol. The molecule has 2 rings (SSSR count). The number of carbonyl (C=O) groups is 1. The molecule has 1 saturated heterocycles. The van der Waals surface area contributed by atoms with Crippen molar-refractivity contribution in [3.05, 3.63) is 34.6 Å². The summed E-state index contributed by atoms with van der Waals surface area (Å²) >= 11 is 5.74. The molecule has 0 bridgehead atoms. The second kappa shape index (κ2) is 7.96. The van der Waals surface area contributed by atoms with Crippen molar-refractivity contribution in [3.8, 4) is 0 Å². The fourth-order valence-corrected chi connectivity index (χ4v) is 3.34. The lowest BCUT2D eigenvalue weighted by Gasteiger charge is -2.37. The maximum absolute atomic E-state index is 13.5. The number of hydrogen-bond acceptors (Lipinski definition) is 2. The Morgan fingerprint density at radius 1 is 1.40 bits per heavy atom. The molecule has 3 nitrogen and oxygen atoms in total. The van der Waals surface area contributed by atoms with Crippen LogP contribution in [0.5, 0.6) is 0 Å². The molecule has 2 unspecified atom stereocenters. The lowest BCUT2D eigenvalue weighted by molar-refractivity contribution is -0.0682. The van der Waals surface area contributed by atoms with Gasteiger partial charge in [-0.25, -0.2) is 13.2 Å². The molecule has 0 N–H and O–H groups in total. The highest BCUT2D eigenvalue weighted by atomic mass is 35.5. The molecule has 0 spiro atoms. The van der Waals surface area contributed by atoms with Crippen LogP contribution in [0.15, 0.2) is 18.2 Å². The molecule has 1 amide bonds. The zero-order chi connectivity index (χ0) is 18.8. The first kappa shape index (κ1) is 20.0. The molecule has 1 aliphatic rings. The van der Waals surface area contributed by atoms with E-state index in [1.165, 1.54) is 12.1 Å².